The molecule has 1 saturated heterocycles. The molecule has 6 heteroatoms. The van der Waals surface area contributed by atoms with E-state index in [1.165, 1.54) is 0 Å². The van der Waals surface area contributed by atoms with E-state index in [1.807, 2.05) is 25.8 Å². The number of likely N-dealkylation sites (N-methyl/N-ethyl adjacent to an activating group) is 1. The van der Waals surface area contributed by atoms with Crippen molar-refractivity contribution < 1.29 is 13.2 Å². The highest BCUT2D eigenvalue weighted by molar-refractivity contribution is 7.91. The van der Waals surface area contributed by atoms with Crippen LogP contribution in [-0.2, 0) is 14.6 Å². The molecule has 1 rings (SSSR count). The van der Waals surface area contributed by atoms with Crippen LogP contribution in [0.4, 0.5) is 0 Å². The second-order valence-corrected chi connectivity index (χ2v) is 7.08. The number of hydrogen-bond acceptors (Lipinski definition) is 4. The molecule has 0 aliphatic carbocycles. The Hall–Kier alpha value is -0.620. The van der Waals surface area contributed by atoms with Crippen LogP contribution in [0.15, 0.2) is 0 Å². The molecule has 1 aliphatic heterocycles. The summed E-state index contributed by atoms with van der Waals surface area (Å²) < 4.78 is 22.7. The van der Waals surface area contributed by atoms with Gasteiger partial charge in [-0.05, 0) is 26.8 Å². The van der Waals surface area contributed by atoms with E-state index in [0.717, 1.165) is 6.42 Å². The summed E-state index contributed by atoms with van der Waals surface area (Å²) >= 11 is 0. The molecule has 0 aromatic rings. The quantitative estimate of drug-likeness (QED) is 0.758. The van der Waals surface area contributed by atoms with Gasteiger partial charge in [0, 0.05) is 12.1 Å². The van der Waals surface area contributed by atoms with E-state index in [0.29, 0.717) is 6.42 Å². The summed E-state index contributed by atoms with van der Waals surface area (Å²) in [6.45, 7) is 4.24. The monoisotopic (exact) mass is 262 g/mol. The molecule has 100 valence electrons. The lowest BCUT2D eigenvalue weighted by Gasteiger charge is -2.23. The fraction of sp³-hybridized carbons (Fsp3) is 0.909. The summed E-state index contributed by atoms with van der Waals surface area (Å²) in [5.41, 5.74) is 0. The van der Waals surface area contributed by atoms with Crippen LogP contribution in [0.25, 0.3) is 0 Å². The SMILES string of the molecule is CCC(C)NC(=O)CN(C)C1CCS(=O)(=O)C1. The van der Waals surface area contributed by atoms with Crippen LogP contribution in [-0.4, -0.2) is 56.4 Å². The number of carbonyl (C=O) groups is 1. The van der Waals surface area contributed by atoms with Gasteiger partial charge in [0.2, 0.25) is 5.91 Å². The van der Waals surface area contributed by atoms with E-state index in [4.69, 9.17) is 0 Å². The Labute approximate surface area is 103 Å². The first-order chi connectivity index (χ1) is 7.84. The maximum Gasteiger partial charge on any atom is 0.234 e. The van der Waals surface area contributed by atoms with Gasteiger partial charge in [-0.15, -0.1) is 0 Å². The molecule has 1 N–H and O–H groups in total. The van der Waals surface area contributed by atoms with Gasteiger partial charge in [-0.3, -0.25) is 9.69 Å². The molecule has 0 radical (unpaired) electrons. The zero-order chi connectivity index (χ0) is 13.1. The lowest BCUT2D eigenvalue weighted by Crippen LogP contribution is -2.43. The fourth-order valence-electron chi connectivity index (χ4n) is 1.90. The van der Waals surface area contributed by atoms with E-state index < -0.39 is 9.84 Å². The van der Waals surface area contributed by atoms with Crippen molar-refractivity contribution in [2.24, 2.45) is 0 Å². The first-order valence-electron chi connectivity index (χ1n) is 6.04. The number of rotatable bonds is 5. The normalized spacial score (nSPS) is 24.8. The Morgan fingerprint density at radius 2 is 2.18 bits per heavy atom. The standard InChI is InChI=1S/C11H22N2O3S/c1-4-9(2)12-11(14)7-13(3)10-5-6-17(15,16)8-10/h9-10H,4-8H2,1-3H3,(H,12,14). The minimum Gasteiger partial charge on any atom is -0.353 e. The van der Waals surface area contributed by atoms with Crippen LogP contribution in [0.2, 0.25) is 0 Å². The predicted molar refractivity (Wildman–Crippen MR) is 67.6 cm³/mol. The molecule has 0 aromatic carbocycles. The molecule has 2 unspecified atom stereocenters. The van der Waals surface area contributed by atoms with Gasteiger partial charge >= 0.3 is 0 Å². The van der Waals surface area contributed by atoms with Gasteiger partial charge in [0.1, 0.15) is 0 Å². The maximum absolute atomic E-state index is 11.6. The third kappa shape index (κ3) is 4.63. The molecule has 2 atom stereocenters. The summed E-state index contributed by atoms with van der Waals surface area (Å²) in [7, 11) is -1.07. The van der Waals surface area contributed by atoms with Crippen molar-refractivity contribution in [2.75, 3.05) is 25.1 Å². The molecule has 0 bridgehead atoms. The van der Waals surface area contributed by atoms with Crippen LogP contribution < -0.4 is 5.32 Å². The molecule has 1 fully saturated rings. The molecular formula is C11H22N2O3S. The second kappa shape index (κ2) is 5.82. The van der Waals surface area contributed by atoms with Crippen molar-refractivity contribution in [3.63, 3.8) is 0 Å². The molecule has 0 aromatic heterocycles. The summed E-state index contributed by atoms with van der Waals surface area (Å²) in [6.07, 6.45) is 1.53. The summed E-state index contributed by atoms with van der Waals surface area (Å²) in [6, 6.07) is 0.158. The van der Waals surface area contributed by atoms with Crippen LogP contribution in [0, 0.1) is 0 Å². The van der Waals surface area contributed by atoms with Gasteiger partial charge in [0.25, 0.3) is 0 Å². The van der Waals surface area contributed by atoms with Gasteiger partial charge < -0.3 is 5.32 Å². The highest BCUT2D eigenvalue weighted by atomic mass is 32.2. The molecular weight excluding hydrogens is 240 g/mol. The molecule has 0 saturated carbocycles. The number of hydrogen-bond donors (Lipinski definition) is 1. The van der Waals surface area contributed by atoms with Gasteiger partial charge in [0.15, 0.2) is 9.84 Å². The summed E-state index contributed by atoms with van der Waals surface area (Å²) in [4.78, 5) is 13.5. The van der Waals surface area contributed by atoms with E-state index in [9.17, 15) is 13.2 Å². The number of amides is 1. The summed E-state index contributed by atoms with van der Waals surface area (Å²) in [5, 5.41) is 2.87. The van der Waals surface area contributed by atoms with E-state index in [1.54, 1.807) is 0 Å². The first-order valence-corrected chi connectivity index (χ1v) is 7.86. The summed E-state index contributed by atoms with van der Waals surface area (Å²) in [5.74, 6) is 0.390. The van der Waals surface area contributed by atoms with Crippen molar-refractivity contribution >= 4 is 15.7 Å². The van der Waals surface area contributed by atoms with E-state index in [-0.39, 0.29) is 36.0 Å². The largest absolute Gasteiger partial charge is 0.353 e. The lowest BCUT2D eigenvalue weighted by atomic mass is 10.2. The number of nitrogens with zero attached hydrogens (tertiary/aromatic N) is 1. The zero-order valence-corrected chi connectivity index (χ0v) is 11.6. The third-order valence-electron chi connectivity index (χ3n) is 3.24. The minimum absolute atomic E-state index is 0.0114. The maximum atomic E-state index is 11.6. The predicted octanol–water partition coefficient (Wildman–Crippen LogP) is 0.0200. The van der Waals surface area contributed by atoms with Crippen molar-refractivity contribution in [2.45, 2.75) is 38.8 Å². The van der Waals surface area contributed by atoms with Crippen molar-refractivity contribution in [1.82, 2.24) is 10.2 Å². The molecule has 1 amide bonds. The van der Waals surface area contributed by atoms with E-state index >= 15 is 0 Å². The molecule has 0 spiro atoms. The molecule has 5 nitrogen and oxygen atoms in total. The smallest absolute Gasteiger partial charge is 0.234 e. The number of nitrogens with one attached hydrogen (secondary N) is 1. The van der Waals surface area contributed by atoms with E-state index in [2.05, 4.69) is 5.32 Å². The Bertz CT molecular complexity index is 367. The van der Waals surface area contributed by atoms with Crippen molar-refractivity contribution in [3.8, 4) is 0 Å². The topological polar surface area (TPSA) is 66.5 Å². The Morgan fingerprint density at radius 1 is 1.53 bits per heavy atom. The Morgan fingerprint density at radius 3 is 2.65 bits per heavy atom. The Balaban J connectivity index is 2.39. The highest BCUT2D eigenvalue weighted by Gasteiger charge is 2.31. The molecule has 1 heterocycles. The molecule has 1 aliphatic rings. The zero-order valence-electron chi connectivity index (χ0n) is 10.8. The van der Waals surface area contributed by atoms with Gasteiger partial charge in [-0.25, -0.2) is 8.42 Å². The number of carbonyl (C=O) groups excluding carboxylic acids is 1. The van der Waals surface area contributed by atoms with Crippen LogP contribution in [0.1, 0.15) is 26.7 Å². The minimum atomic E-state index is -2.88. The average molecular weight is 262 g/mol. The fourth-order valence-corrected chi connectivity index (χ4v) is 3.71. The van der Waals surface area contributed by atoms with Gasteiger partial charge in [-0.2, -0.15) is 0 Å². The van der Waals surface area contributed by atoms with Crippen molar-refractivity contribution in [3.05, 3.63) is 0 Å². The lowest BCUT2D eigenvalue weighted by molar-refractivity contribution is -0.122. The van der Waals surface area contributed by atoms with Crippen LogP contribution in [0.3, 0.4) is 0 Å². The number of sulfone groups is 1. The van der Waals surface area contributed by atoms with Crippen LogP contribution >= 0.6 is 0 Å². The first kappa shape index (κ1) is 14.4. The van der Waals surface area contributed by atoms with Crippen LogP contribution in [0.5, 0.6) is 0 Å². The Kier molecular flexibility index (Phi) is 4.94. The highest BCUT2D eigenvalue weighted by Crippen LogP contribution is 2.15. The van der Waals surface area contributed by atoms with Crippen molar-refractivity contribution in [1.29, 1.82) is 0 Å². The van der Waals surface area contributed by atoms with Gasteiger partial charge in [0.05, 0.1) is 18.1 Å². The third-order valence-corrected chi connectivity index (χ3v) is 4.99. The van der Waals surface area contributed by atoms with Gasteiger partial charge in [-0.1, -0.05) is 6.92 Å². The second-order valence-electron chi connectivity index (χ2n) is 4.85. The molecule has 17 heavy (non-hydrogen) atoms. The average Bonchev–Trinajstić information content (AvgIpc) is 2.58.